The van der Waals surface area contributed by atoms with Crippen molar-refractivity contribution in [1.29, 1.82) is 0 Å². The number of sulfone groups is 1. The Bertz CT molecular complexity index is 503. The van der Waals surface area contributed by atoms with Crippen LogP contribution in [0.25, 0.3) is 0 Å². The molecule has 0 aliphatic carbocycles. The van der Waals surface area contributed by atoms with E-state index in [1.807, 2.05) is 0 Å². The van der Waals surface area contributed by atoms with Crippen LogP contribution in [0.5, 0.6) is 0 Å². The third-order valence-electron chi connectivity index (χ3n) is 2.73. The zero-order chi connectivity index (χ0) is 13.8. The van der Waals surface area contributed by atoms with Crippen LogP contribution >= 0.6 is 0 Å². The fourth-order valence-corrected chi connectivity index (χ4v) is 2.25. The molecule has 0 heterocycles. The van der Waals surface area contributed by atoms with Gasteiger partial charge in [0.05, 0.1) is 5.75 Å². The highest BCUT2D eigenvalue weighted by molar-refractivity contribution is 7.91. The average Bonchev–Trinajstić information content (AvgIpc) is 2.32. The van der Waals surface area contributed by atoms with Gasteiger partial charge in [0, 0.05) is 23.9 Å². The van der Waals surface area contributed by atoms with E-state index in [-0.39, 0.29) is 23.6 Å². The molecule has 0 amide bonds. The Hall–Kier alpha value is -1.01. The van der Waals surface area contributed by atoms with Crippen LogP contribution in [0.3, 0.4) is 0 Å². The summed E-state index contributed by atoms with van der Waals surface area (Å²) in [7, 11) is -3.05. The Labute approximate surface area is 106 Å². The third kappa shape index (κ3) is 4.34. The Kier molecular flexibility index (Phi) is 5.22. The van der Waals surface area contributed by atoms with E-state index in [2.05, 4.69) is 5.32 Å². The van der Waals surface area contributed by atoms with Crippen molar-refractivity contribution in [2.45, 2.75) is 19.9 Å². The lowest BCUT2D eigenvalue weighted by atomic mass is 10.1. The minimum absolute atomic E-state index is 0.00915. The third-order valence-corrected chi connectivity index (χ3v) is 4.43. The van der Waals surface area contributed by atoms with Crippen molar-refractivity contribution in [3.63, 3.8) is 0 Å². The summed E-state index contributed by atoms with van der Waals surface area (Å²) in [5.41, 5.74) is 0.198. The Balaban J connectivity index is 2.61. The van der Waals surface area contributed by atoms with Gasteiger partial charge in [-0.25, -0.2) is 17.2 Å². The van der Waals surface area contributed by atoms with Gasteiger partial charge < -0.3 is 5.32 Å². The maximum Gasteiger partial charge on any atom is 0.151 e. The van der Waals surface area contributed by atoms with Crippen molar-refractivity contribution in [1.82, 2.24) is 5.32 Å². The fourth-order valence-electron chi connectivity index (χ4n) is 1.53. The molecule has 6 heteroatoms. The van der Waals surface area contributed by atoms with E-state index in [9.17, 15) is 17.2 Å². The van der Waals surface area contributed by atoms with Crippen molar-refractivity contribution in [3.8, 4) is 0 Å². The van der Waals surface area contributed by atoms with Crippen LogP contribution in [-0.2, 0) is 9.84 Å². The summed E-state index contributed by atoms with van der Waals surface area (Å²) in [4.78, 5) is 0. The van der Waals surface area contributed by atoms with Crippen LogP contribution < -0.4 is 5.32 Å². The minimum Gasteiger partial charge on any atom is -0.309 e. The Morgan fingerprint density at radius 2 is 2.00 bits per heavy atom. The molecule has 0 spiro atoms. The van der Waals surface area contributed by atoms with E-state index in [4.69, 9.17) is 0 Å². The first kappa shape index (κ1) is 15.0. The number of rotatable bonds is 6. The second-order valence-corrected chi connectivity index (χ2v) is 6.55. The number of halogens is 2. The summed E-state index contributed by atoms with van der Waals surface area (Å²) < 4.78 is 48.9. The van der Waals surface area contributed by atoms with Crippen molar-refractivity contribution in [3.05, 3.63) is 35.4 Å². The summed E-state index contributed by atoms with van der Waals surface area (Å²) in [6.07, 6.45) is 0. The number of hydrogen-bond donors (Lipinski definition) is 1. The predicted octanol–water partition coefficient (Wildman–Crippen LogP) is 2.05. The first-order valence-electron chi connectivity index (χ1n) is 5.74. The van der Waals surface area contributed by atoms with Gasteiger partial charge in [0.15, 0.2) is 9.84 Å². The maximum absolute atomic E-state index is 13.4. The molecule has 102 valence electrons. The number of hydrogen-bond acceptors (Lipinski definition) is 3. The predicted molar refractivity (Wildman–Crippen MR) is 67.1 cm³/mol. The standard InChI is InChI=1S/C12H17F2NO2S/c1-3-18(16,17)7-6-15-9(2)11-8-10(13)4-5-12(11)14/h4-5,8-9,15H,3,6-7H2,1-2H3. The molecule has 0 saturated carbocycles. The molecular weight excluding hydrogens is 260 g/mol. The fraction of sp³-hybridized carbons (Fsp3) is 0.500. The van der Waals surface area contributed by atoms with E-state index >= 15 is 0 Å². The number of benzene rings is 1. The summed E-state index contributed by atoms with van der Waals surface area (Å²) in [6, 6.07) is 2.79. The molecule has 1 atom stereocenters. The topological polar surface area (TPSA) is 46.2 Å². The molecule has 0 radical (unpaired) electrons. The monoisotopic (exact) mass is 277 g/mol. The van der Waals surface area contributed by atoms with E-state index in [1.54, 1.807) is 13.8 Å². The highest BCUT2D eigenvalue weighted by atomic mass is 32.2. The smallest absolute Gasteiger partial charge is 0.151 e. The van der Waals surface area contributed by atoms with Crippen LogP contribution in [0.15, 0.2) is 18.2 Å². The van der Waals surface area contributed by atoms with Crippen LogP contribution in [0.2, 0.25) is 0 Å². The molecule has 0 saturated heterocycles. The van der Waals surface area contributed by atoms with Crippen LogP contribution in [0.1, 0.15) is 25.5 Å². The van der Waals surface area contributed by atoms with Crippen molar-refractivity contribution < 1.29 is 17.2 Å². The average molecular weight is 277 g/mol. The summed E-state index contributed by atoms with van der Waals surface area (Å²) in [5.74, 6) is -0.946. The second kappa shape index (κ2) is 6.24. The zero-order valence-corrected chi connectivity index (χ0v) is 11.2. The summed E-state index contributed by atoms with van der Waals surface area (Å²) >= 11 is 0. The van der Waals surface area contributed by atoms with Gasteiger partial charge in [0.25, 0.3) is 0 Å². The first-order valence-corrected chi connectivity index (χ1v) is 7.56. The van der Waals surface area contributed by atoms with Crippen LogP contribution in [0.4, 0.5) is 8.78 Å². The summed E-state index contributed by atoms with van der Waals surface area (Å²) in [6.45, 7) is 3.45. The molecule has 1 aromatic carbocycles. The minimum atomic E-state index is -3.05. The van der Waals surface area contributed by atoms with E-state index in [1.165, 1.54) is 0 Å². The lowest BCUT2D eigenvalue weighted by Crippen LogP contribution is -2.27. The molecule has 0 aromatic heterocycles. The molecule has 0 fully saturated rings. The van der Waals surface area contributed by atoms with Gasteiger partial charge in [-0.1, -0.05) is 6.92 Å². The quantitative estimate of drug-likeness (QED) is 0.865. The highest BCUT2D eigenvalue weighted by Crippen LogP contribution is 2.17. The highest BCUT2D eigenvalue weighted by Gasteiger charge is 2.13. The van der Waals surface area contributed by atoms with Gasteiger partial charge in [-0.15, -0.1) is 0 Å². The molecule has 1 N–H and O–H groups in total. The molecular formula is C12H17F2NO2S. The van der Waals surface area contributed by atoms with Crippen LogP contribution in [0, 0.1) is 11.6 Å². The van der Waals surface area contributed by atoms with Gasteiger partial charge in [-0.3, -0.25) is 0 Å². The molecule has 0 aliphatic rings. The molecule has 0 aliphatic heterocycles. The normalized spacial score (nSPS) is 13.6. The van der Waals surface area contributed by atoms with Gasteiger partial charge >= 0.3 is 0 Å². The van der Waals surface area contributed by atoms with Crippen molar-refractivity contribution in [2.75, 3.05) is 18.1 Å². The zero-order valence-electron chi connectivity index (χ0n) is 10.4. The Morgan fingerprint density at radius 3 is 2.61 bits per heavy atom. The van der Waals surface area contributed by atoms with E-state index in [0.29, 0.717) is 0 Å². The van der Waals surface area contributed by atoms with Gasteiger partial charge in [0.2, 0.25) is 0 Å². The molecule has 1 unspecified atom stereocenters. The SMILES string of the molecule is CCS(=O)(=O)CCNC(C)c1cc(F)ccc1F. The van der Waals surface area contributed by atoms with Gasteiger partial charge in [-0.2, -0.15) is 0 Å². The van der Waals surface area contributed by atoms with Gasteiger partial charge in [-0.05, 0) is 25.1 Å². The van der Waals surface area contributed by atoms with Crippen LogP contribution in [-0.4, -0.2) is 26.5 Å². The lowest BCUT2D eigenvalue weighted by molar-refractivity contribution is 0.526. The summed E-state index contributed by atoms with van der Waals surface area (Å²) in [5, 5.41) is 2.87. The molecule has 3 nitrogen and oxygen atoms in total. The first-order chi connectivity index (χ1) is 8.35. The van der Waals surface area contributed by atoms with E-state index < -0.39 is 27.5 Å². The lowest BCUT2D eigenvalue weighted by Gasteiger charge is -2.15. The molecule has 0 bridgehead atoms. The van der Waals surface area contributed by atoms with Crippen molar-refractivity contribution >= 4 is 9.84 Å². The Morgan fingerprint density at radius 1 is 1.33 bits per heavy atom. The van der Waals surface area contributed by atoms with Gasteiger partial charge in [0.1, 0.15) is 11.6 Å². The maximum atomic E-state index is 13.4. The van der Waals surface area contributed by atoms with E-state index in [0.717, 1.165) is 18.2 Å². The molecule has 1 rings (SSSR count). The molecule has 1 aromatic rings. The van der Waals surface area contributed by atoms with Crippen molar-refractivity contribution in [2.24, 2.45) is 0 Å². The number of nitrogens with one attached hydrogen (secondary N) is 1. The second-order valence-electron chi connectivity index (χ2n) is 4.08. The largest absolute Gasteiger partial charge is 0.309 e. The molecule has 18 heavy (non-hydrogen) atoms.